The van der Waals surface area contributed by atoms with E-state index in [-0.39, 0.29) is 5.82 Å². The van der Waals surface area contributed by atoms with Crippen LogP contribution in [0.4, 0.5) is 10.1 Å². The van der Waals surface area contributed by atoms with Gasteiger partial charge in [0.25, 0.3) is 0 Å². The number of nitrogens with zero attached hydrogens (tertiary/aromatic N) is 2. The number of halogens is 1. The third-order valence-corrected chi connectivity index (χ3v) is 5.36. The summed E-state index contributed by atoms with van der Waals surface area (Å²) in [5.74, 6) is 0.597. The molecule has 146 valence electrons. The standard InChI is InChI=1S/C24H21FN2OS/c1-2-28-22-14-12-21(13-15-22)26-24-27(16-18-6-4-3-5-7-18)23(17-29-24)19-8-10-20(25)11-9-19/h3-15,17H,2,16H2,1H3. The second kappa shape index (κ2) is 8.88. The average molecular weight is 405 g/mol. The summed E-state index contributed by atoms with van der Waals surface area (Å²) in [4.78, 5) is 5.74. The Balaban J connectivity index is 1.77. The molecule has 0 radical (unpaired) electrons. The first kappa shape index (κ1) is 19.2. The van der Waals surface area contributed by atoms with Crippen LogP contribution in [0.3, 0.4) is 0 Å². The van der Waals surface area contributed by atoms with Crippen LogP contribution in [0.2, 0.25) is 0 Å². The molecule has 1 heterocycles. The predicted octanol–water partition coefficient (Wildman–Crippen LogP) is 6.04. The lowest BCUT2D eigenvalue weighted by atomic mass is 10.1. The Hall–Kier alpha value is -3.18. The van der Waals surface area contributed by atoms with Gasteiger partial charge in [-0.1, -0.05) is 30.3 Å². The zero-order chi connectivity index (χ0) is 20.1. The molecular weight excluding hydrogens is 383 g/mol. The highest BCUT2D eigenvalue weighted by atomic mass is 32.1. The fourth-order valence-electron chi connectivity index (χ4n) is 3.08. The Kier molecular flexibility index (Phi) is 5.86. The van der Waals surface area contributed by atoms with Crippen LogP contribution in [0.25, 0.3) is 11.3 Å². The lowest BCUT2D eigenvalue weighted by molar-refractivity contribution is 0.340. The molecule has 0 atom stereocenters. The van der Waals surface area contributed by atoms with Crippen molar-refractivity contribution in [3.8, 4) is 17.0 Å². The molecule has 0 aliphatic rings. The molecule has 3 aromatic carbocycles. The second-order valence-corrected chi connectivity index (χ2v) is 7.36. The van der Waals surface area contributed by atoms with Gasteiger partial charge in [0.2, 0.25) is 0 Å². The summed E-state index contributed by atoms with van der Waals surface area (Å²) in [5.41, 5.74) is 4.03. The molecule has 0 unspecified atom stereocenters. The van der Waals surface area contributed by atoms with Crippen molar-refractivity contribution in [1.29, 1.82) is 0 Å². The number of ether oxygens (including phenoxy) is 1. The average Bonchev–Trinajstić information content (AvgIpc) is 3.13. The molecule has 0 amide bonds. The summed E-state index contributed by atoms with van der Waals surface area (Å²) in [7, 11) is 0. The monoisotopic (exact) mass is 404 g/mol. The quantitative estimate of drug-likeness (QED) is 0.385. The predicted molar refractivity (Wildman–Crippen MR) is 116 cm³/mol. The van der Waals surface area contributed by atoms with Gasteiger partial charge in [0, 0.05) is 5.38 Å². The van der Waals surface area contributed by atoms with E-state index in [2.05, 4.69) is 22.1 Å². The van der Waals surface area contributed by atoms with Gasteiger partial charge in [-0.25, -0.2) is 9.38 Å². The highest BCUT2D eigenvalue weighted by Crippen LogP contribution is 2.23. The van der Waals surface area contributed by atoms with E-state index in [1.807, 2.05) is 49.4 Å². The molecule has 0 fully saturated rings. The van der Waals surface area contributed by atoms with Crippen molar-refractivity contribution in [2.75, 3.05) is 6.61 Å². The van der Waals surface area contributed by atoms with Gasteiger partial charge in [-0.05, 0) is 66.6 Å². The van der Waals surface area contributed by atoms with Gasteiger partial charge in [0.15, 0.2) is 4.80 Å². The Morgan fingerprint density at radius 1 is 0.931 bits per heavy atom. The Labute approximate surface area is 173 Å². The minimum absolute atomic E-state index is 0.238. The summed E-state index contributed by atoms with van der Waals surface area (Å²) >= 11 is 1.58. The van der Waals surface area contributed by atoms with Crippen LogP contribution in [-0.4, -0.2) is 11.2 Å². The minimum atomic E-state index is -0.238. The molecule has 29 heavy (non-hydrogen) atoms. The van der Waals surface area contributed by atoms with Crippen molar-refractivity contribution in [2.45, 2.75) is 13.5 Å². The Morgan fingerprint density at radius 3 is 2.34 bits per heavy atom. The summed E-state index contributed by atoms with van der Waals surface area (Å²) in [5, 5.41) is 2.07. The van der Waals surface area contributed by atoms with E-state index >= 15 is 0 Å². The summed E-state index contributed by atoms with van der Waals surface area (Å²) in [6.07, 6.45) is 0. The first-order valence-electron chi connectivity index (χ1n) is 9.49. The highest BCUT2D eigenvalue weighted by molar-refractivity contribution is 7.07. The van der Waals surface area contributed by atoms with Gasteiger partial charge in [-0.3, -0.25) is 0 Å². The smallest absolute Gasteiger partial charge is 0.190 e. The molecule has 4 aromatic rings. The van der Waals surface area contributed by atoms with Crippen molar-refractivity contribution in [2.24, 2.45) is 4.99 Å². The zero-order valence-electron chi connectivity index (χ0n) is 16.1. The molecule has 0 aliphatic carbocycles. The van der Waals surface area contributed by atoms with E-state index in [1.165, 1.54) is 17.7 Å². The van der Waals surface area contributed by atoms with Gasteiger partial charge in [-0.2, -0.15) is 0 Å². The van der Waals surface area contributed by atoms with E-state index in [1.54, 1.807) is 23.5 Å². The Morgan fingerprint density at radius 2 is 1.66 bits per heavy atom. The topological polar surface area (TPSA) is 26.5 Å². The maximum atomic E-state index is 13.4. The first-order valence-corrected chi connectivity index (χ1v) is 10.4. The molecule has 0 spiro atoms. The molecule has 1 aromatic heterocycles. The van der Waals surface area contributed by atoms with Gasteiger partial charge in [0.1, 0.15) is 11.6 Å². The maximum Gasteiger partial charge on any atom is 0.190 e. The normalized spacial score (nSPS) is 11.6. The number of thiazole rings is 1. The SMILES string of the molecule is CCOc1ccc(N=c2scc(-c3ccc(F)cc3)n2Cc2ccccc2)cc1. The van der Waals surface area contributed by atoms with Gasteiger partial charge in [0.05, 0.1) is 24.5 Å². The molecular formula is C24H21FN2OS. The van der Waals surface area contributed by atoms with Gasteiger partial charge in [-0.15, -0.1) is 11.3 Å². The van der Waals surface area contributed by atoms with Crippen LogP contribution < -0.4 is 9.54 Å². The van der Waals surface area contributed by atoms with Gasteiger partial charge >= 0.3 is 0 Å². The minimum Gasteiger partial charge on any atom is -0.494 e. The number of hydrogen-bond donors (Lipinski definition) is 0. The zero-order valence-corrected chi connectivity index (χ0v) is 16.9. The van der Waals surface area contributed by atoms with E-state index in [0.717, 1.165) is 27.5 Å². The number of aromatic nitrogens is 1. The largest absolute Gasteiger partial charge is 0.494 e. The fraction of sp³-hybridized carbons (Fsp3) is 0.125. The van der Waals surface area contributed by atoms with Crippen molar-refractivity contribution in [3.05, 3.63) is 100 Å². The van der Waals surface area contributed by atoms with E-state index in [9.17, 15) is 4.39 Å². The van der Waals surface area contributed by atoms with Crippen LogP contribution in [0.1, 0.15) is 12.5 Å². The van der Waals surface area contributed by atoms with Crippen molar-refractivity contribution in [3.63, 3.8) is 0 Å². The van der Waals surface area contributed by atoms with E-state index in [0.29, 0.717) is 13.2 Å². The molecule has 3 nitrogen and oxygen atoms in total. The maximum absolute atomic E-state index is 13.4. The summed E-state index contributed by atoms with van der Waals surface area (Å²) in [6.45, 7) is 3.29. The fourth-order valence-corrected chi connectivity index (χ4v) is 4.01. The summed E-state index contributed by atoms with van der Waals surface area (Å²) in [6, 6.07) is 24.6. The van der Waals surface area contributed by atoms with Gasteiger partial charge < -0.3 is 9.30 Å². The molecule has 0 bridgehead atoms. The Bertz CT molecular complexity index is 1130. The molecule has 0 N–H and O–H groups in total. The van der Waals surface area contributed by atoms with E-state index in [4.69, 9.17) is 9.73 Å². The third-order valence-electron chi connectivity index (χ3n) is 4.49. The number of rotatable bonds is 6. The summed E-state index contributed by atoms with van der Waals surface area (Å²) < 4.78 is 21.1. The van der Waals surface area contributed by atoms with E-state index < -0.39 is 0 Å². The number of benzene rings is 3. The molecule has 0 aliphatic heterocycles. The van der Waals surface area contributed by atoms with Crippen LogP contribution in [-0.2, 0) is 6.54 Å². The molecule has 5 heteroatoms. The molecule has 4 rings (SSSR count). The van der Waals surface area contributed by atoms with Crippen LogP contribution >= 0.6 is 11.3 Å². The second-order valence-electron chi connectivity index (χ2n) is 6.52. The lowest BCUT2D eigenvalue weighted by Gasteiger charge is -2.10. The third kappa shape index (κ3) is 4.63. The lowest BCUT2D eigenvalue weighted by Crippen LogP contribution is -2.16. The van der Waals surface area contributed by atoms with Crippen molar-refractivity contribution in [1.82, 2.24) is 4.57 Å². The van der Waals surface area contributed by atoms with Crippen LogP contribution in [0.15, 0.2) is 89.2 Å². The highest BCUT2D eigenvalue weighted by Gasteiger charge is 2.09. The van der Waals surface area contributed by atoms with Crippen molar-refractivity contribution >= 4 is 17.0 Å². The van der Waals surface area contributed by atoms with Crippen LogP contribution in [0, 0.1) is 5.82 Å². The molecule has 0 saturated carbocycles. The van der Waals surface area contributed by atoms with Crippen molar-refractivity contribution < 1.29 is 9.13 Å². The number of hydrogen-bond acceptors (Lipinski definition) is 3. The van der Waals surface area contributed by atoms with Crippen LogP contribution in [0.5, 0.6) is 5.75 Å². The first-order chi connectivity index (χ1) is 14.2. The molecule has 0 saturated heterocycles.